The molecule has 2 rings (SSSR count). The van der Waals surface area contributed by atoms with Gasteiger partial charge in [0.15, 0.2) is 0 Å². The van der Waals surface area contributed by atoms with Gasteiger partial charge >= 0.3 is 0 Å². The van der Waals surface area contributed by atoms with E-state index in [0.29, 0.717) is 23.8 Å². The van der Waals surface area contributed by atoms with Crippen LogP contribution in [0.1, 0.15) is 17.9 Å². The van der Waals surface area contributed by atoms with E-state index in [4.69, 9.17) is 9.47 Å². The Bertz CT molecular complexity index is 564. The standard InChI is InChI=1S/C15H20N2O4S/c1-4-16-13(18)8-17-14(19)9-22-15(17)11-7-10(20-2)5-6-12(11)21-3/h5-7,15H,4,8-9H2,1-3H3,(H,16,18). The maximum absolute atomic E-state index is 12.1. The van der Waals surface area contributed by atoms with Gasteiger partial charge in [-0.3, -0.25) is 9.59 Å². The summed E-state index contributed by atoms with van der Waals surface area (Å²) >= 11 is 1.48. The van der Waals surface area contributed by atoms with Gasteiger partial charge in [-0.25, -0.2) is 0 Å². The van der Waals surface area contributed by atoms with Crippen LogP contribution in [0.3, 0.4) is 0 Å². The van der Waals surface area contributed by atoms with Gasteiger partial charge in [-0.05, 0) is 25.1 Å². The first kappa shape index (κ1) is 16.5. The average molecular weight is 324 g/mol. The van der Waals surface area contributed by atoms with E-state index in [-0.39, 0.29) is 23.7 Å². The molecule has 7 heteroatoms. The number of nitrogens with one attached hydrogen (secondary N) is 1. The fraction of sp³-hybridized carbons (Fsp3) is 0.467. The number of likely N-dealkylation sites (N-methyl/N-ethyl adjacent to an activating group) is 1. The maximum Gasteiger partial charge on any atom is 0.239 e. The first-order chi connectivity index (χ1) is 10.6. The van der Waals surface area contributed by atoms with E-state index in [1.807, 2.05) is 19.1 Å². The van der Waals surface area contributed by atoms with E-state index in [1.165, 1.54) is 11.8 Å². The zero-order chi connectivity index (χ0) is 16.1. The molecule has 1 unspecified atom stereocenters. The molecule has 0 aromatic heterocycles. The van der Waals surface area contributed by atoms with E-state index in [9.17, 15) is 9.59 Å². The van der Waals surface area contributed by atoms with Gasteiger partial charge in [0.25, 0.3) is 0 Å². The largest absolute Gasteiger partial charge is 0.497 e. The highest BCUT2D eigenvalue weighted by Crippen LogP contribution is 2.43. The fourth-order valence-electron chi connectivity index (χ4n) is 2.32. The number of nitrogens with zero attached hydrogens (tertiary/aromatic N) is 1. The lowest BCUT2D eigenvalue weighted by Gasteiger charge is -2.25. The van der Waals surface area contributed by atoms with Gasteiger partial charge in [0.1, 0.15) is 23.4 Å². The second-order valence-corrected chi connectivity index (χ2v) is 5.81. The van der Waals surface area contributed by atoms with Gasteiger partial charge in [-0.15, -0.1) is 11.8 Å². The average Bonchev–Trinajstić information content (AvgIpc) is 2.88. The predicted molar refractivity (Wildman–Crippen MR) is 85.1 cm³/mol. The van der Waals surface area contributed by atoms with Crippen LogP contribution in [-0.2, 0) is 9.59 Å². The fourth-order valence-corrected chi connectivity index (χ4v) is 3.52. The summed E-state index contributed by atoms with van der Waals surface area (Å²) in [6, 6.07) is 5.46. The number of carbonyl (C=O) groups is 2. The molecule has 1 aliphatic heterocycles. The Kier molecular flexibility index (Phi) is 5.54. The van der Waals surface area contributed by atoms with Crippen molar-refractivity contribution in [3.05, 3.63) is 23.8 Å². The van der Waals surface area contributed by atoms with Gasteiger partial charge in [0.05, 0.1) is 20.0 Å². The van der Waals surface area contributed by atoms with Crippen molar-refractivity contribution in [2.45, 2.75) is 12.3 Å². The number of amides is 2. The summed E-state index contributed by atoms with van der Waals surface area (Å²) in [6.07, 6.45) is 0. The van der Waals surface area contributed by atoms with Crippen LogP contribution in [0.25, 0.3) is 0 Å². The normalized spacial score (nSPS) is 17.5. The molecule has 0 bridgehead atoms. The molecular weight excluding hydrogens is 304 g/mol. The van der Waals surface area contributed by atoms with Gasteiger partial charge < -0.3 is 19.7 Å². The topological polar surface area (TPSA) is 67.9 Å². The van der Waals surface area contributed by atoms with Crippen molar-refractivity contribution in [3.8, 4) is 11.5 Å². The number of rotatable bonds is 6. The summed E-state index contributed by atoms with van der Waals surface area (Å²) in [5.74, 6) is 1.50. The number of hydrogen-bond acceptors (Lipinski definition) is 5. The molecule has 1 aromatic rings. The van der Waals surface area contributed by atoms with Crippen molar-refractivity contribution in [1.29, 1.82) is 0 Å². The van der Waals surface area contributed by atoms with E-state index in [2.05, 4.69) is 5.32 Å². The van der Waals surface area contributed by atoms with Crippen molar-refractivity contribution in [2.24, 2.45) is 0 Å². The molecule has 0 radical (unpaired) electrons. The third-order valence-corrected chi connectivity index (χ3v) is 4.60. The number of hydrogen-bond donors (Lipinski definition) is 1. The highest BCUT2D eigenvalue weighted by molar-refractivity contribution is 8.00. The van der Waals surface area contributed by atoms with E-state index in [1.54, 1.807) is 25.2 Å². The molecule has 22 heavy (non-hydrogen) atoms. The maximum atomic E-state index is 12.1. The lowest BCUT2D eigenvalue weighted by molar-refractivity contribution is -0.133. The van der Waals surface area contributed by atoms with Crippen molar-refractivity contribution in [3.63, 3.8) is 0 Å². The second kappa shape index (κ2) is 7.40. The van der Waals surface area contributed by atoms with Crippen LogP contribution in [0.5, 0.6) is 11.5 Å². The van der Waals surface area contributed by atoms with Crippen LogP contribution in [0.2, 0.25) is 0 Å². The summed E-state index contributed by atoms with van der Waals surface area (Å²) in [4.78, 5) is 25.5. The molecule has 1 aromatic carbocycles. The Hall–Kier alpha value is -1.89. The highest BCUT2D eigenvalue weighted by atomic mass is 32.2. The molecule has 1 fully saturated rings. The van der Waals surface area contributed by atoms with Crippen molar-refractivity contribution >= 4 is 23.6 Å². The lowest BCUT2D eigenvalue weighted by atomic mass is 10.1. The number of carbonyl (C=O) groups excluding carboxylic acids is 2. The summed E-state index contributed by atoms with van der Waals surface area (Å²) in [5, 5.41) is 2.47. The quantitative estimate of drug-likeness (QED) is 0.857. The predicted octanol–water partition coefficient (Wildman–Crippen LogP) is 1.41. The molecule has 0 aliphatic carbocycles. The number of methoxy groups -OCH3 is 2. The van der Waals surface area contributed by atoms with Gasteiger partial charge in [-0.1, -0.05) is 0 Å². The van der Waals surface area contributed by atoms with Crippen molar-refractivity contribution in [1.82, 2.24) is 10.2 Å². The zero-order valence-electron chi connectivity index (χ0n) is 12.9. The third-order valence-electron chi connectivity index (χ3n) is 3.36. The molecule has 0 spiro atoms. The molecule has 1 aliphatic rings. The number of ether oxygens (including phenoxy) is 2. The summed E-state index contributed by atoms with van der Waals surface area (Å²) in [7, 11) is 3.17. The summed E-state index contributed by atoms with van der Waals surface area (Å²) in [5.41, 5.74) is 0.835. The molecule has 2 amide bonds. The Labute approximate surface area is 134 Å². The third kappa shape index (κ3) is 3.47. The highest BCUT2D eigenvalue weighted by Gasteiger charge is 2.35. The van der Waals surface area contributed by atoms with E-state index >= 15 is 0 Å². The molecule has 0 saturated carbocycles. The van der Waals surface area contributed by atoms with Crippen molar-refractivity contribution < 1.29 is 19.1 Å². The van der Waals surface area contributed by atoms with Gasteiger partial charge in [0, 0.05) is 12.1 Å². The molecule has 1 heterocycles. The number of benzene rings is 1. The smallest absolute Gasteiger partial charge is 0.239 e. The minimum atomic E-state index is -0.250. The van der Waals surface area contributed by atoms with E-state index < -0.39 is 0 Å². The molecular formula is C15H20N2O4S. The summed E-state index contributed by atoms with van der Waals surface area (Å²) < 4.78 is 10.6. The Balaban J connectivity index is 2.29. The molecule has 1 saturated heterocycles. The molecule has 1 N–H and O–H groups in total. The number of thioether (sulfide) groups is 1. The lowest BCUT2D eigenvalue weighted by Crippen LogP contribution is -2.39. The first-order valence-corrected chi connectivity index (χ1v) is 8.05. The summed E-state index contributed by atoms with van der Waals surface area (Å²) in [6.45, 7) is 2.44. The molecule has 120 valence electrons. The van der Waals surface area contributed by atoms with Crippen LogP contribution in [0.15, 0.2) is 18.2 Å². The van der Waals surface area contributed by atoms with E-state index in [0.717, 1.165) is 5.56 Å². The van der Waals surface area contributed by atoms with Crippen LogP contribution >= 0.6 is 11.8 Å². The Morgan fingerprint density at radius 2 is 2.18 bits per heavy atom. The van der Waals surface area contributed by atoms with Crippen LogP contribution < -0.4 is 14.8 Å². The van der Waals surface area contributed by atoms with Crippen molar-refractivity contribution in [2.75, 3.05) is 33.1 Å². The first-order valence-electron chi connectivity index (χ1n) is 7.00. The van der Waals surface area contributed by atoms with Gasteiger partial charge in [0.2, 0.25) is 11.8 Å². The van der Waals surface area contributed by atoms with Crippen LogP contribution in [0, 0.1) is 0 Å². The minimum absolute atomic E-state index is 0.0463. The Morgan fingerprint density at radius 1 is 1.41 bits per heavy atom. The van der Waals surface area contributed by atoms with Gasteiger partial charge in [-0.2, -0.15) is 0 Å². The monoisotopic (exact) mass is 324 g/mol. The second-order valence-electron chi connectivity index (χ2n) is 4.75. The Morgan fingerprint density at radius 3 is 2.82 bits per heavy atom. The molecule has 1 atom stereocenters. The SMILES string of the molecule is CCNC(=O)CN1C(=O)CSC1c1cc(OC)ccc1OC. The zero-order valence-corrected chi connectivity index (χ0v) is 13.7. The minimum Gasteiger partial charge on any atom is -0.497 e. The van der Waals surface area contributed by atoms with Crippen LogP contribution in [0.4, 0.5) is 0 Å². The van der Waals surface area contributed by atoms with Crippen LogP contribution in [-0.4, -0.2) is 49.8 Å². The molecule has 6 nitrogen and oxygen atoms in total.